The molecule has 2 aliphatic rings. The van der Waals surface area contributed by atoms with E-state index in [-0.39, 0.29) is 155 Å². The standard InChI is InChI=1S/C60H80F2N6O23S/c1-33(27-64-46(74)16-20-86-22-23-87-21-17-63-59(83)37(66-47(75)31-68-49(77)11-12-50(68)78)8-10-45(73)65-28-39(71)55(81)56(82)40(72)32-69)90-51(79)14-9-38(70)44-25-35-43(92-44)26-42(85-6)58(53(35)61)89-19-7-18-88-57-41(84-5)24-34-29-67(30-36(34)54(57)62)48(76)13-15-52(80)91-60(2,3)4/h11-12,24-26,33,37,39-40,55-56,69,71-72,81-82H,7-10,13-23,27-32H2,1-6H3,(H,63,83)(H,64,74)(H,65,73)(H,66,75)/t33-,37-,39-,40+,55+,56+/m0/s1. The third-order valence-electron chi connectivity index (χ3n) is 13.8. The monoisotopic (exact) mass is 1320 g/mol. The van der Waals surface area contributed by atoms with Gasteiger partial charge in [0.05, 0.1) is 90.8 Å². The van der Waals surface area contributed by atoms with E-state index in [2.05, 4.69) is 21.3 Å². The number of nitrogens with one attached hydrogen (secondary N) is 4. The molecule has 3 heterocycles. The van der Waals surface area contributed by atoms with Crippen LogP contribution in [0, 0.1) is 11.6 Å². The molecule has 0 unspecified atom stereocenters. The number of Topliss-reactive ketones (excluding diaryl/α,β-unsaturated/α-hetero) is 1. The Balaban J connectivity index is 0.958. The molecule has 32 heteroatoms. The van der Waals surface area contributed by atoms with Crippen molar-refractivity contribution in [1.82, 2.24) is 31.1 Å². The predicted molar refractivity (Wildman–Crippen MR) is 319 cm³/mol. The normalized spacial score (nSPS) is 14.8. The summed E-state index contributed by atoms with van der Waals surface area (Å²) in [4.78, 5) is 128. The lowest BCUT2D eigenvalue weighted by atomic mass is 10.0. The molecular weight excluding hydrogens is 1240 g/mol. The minimum Gasteiger partial charge on any atom is -0.493 e. The molecule has 0 spiro atoms. The minimum atomic E-state index is -1.94. The Morgan fingerprint density at radius 1 is 0.685 bits per heavy atom. The number of carbonyl (C=O) groups is 10. The number of nitrogens with zero attached hydrogens (tertiary/aromatic N) is 2. The molecule has 0 radical (unpaired) electrons. The number of halogens is 2. The van der Waals surface area contributed by atoms with Gasteiger partial charge < -0.3 is 89.6 Å². The van der Waals surface area contributed by atoms with Crippen molar-refractivity contribution in [3.8, 4) is 23.0 Å². The number of aliphatic hydroxyl groups is 5. The SMILES string of the molecule is COc1cc2c(c(F)c1OCCCOc1c(OC)cc3sc(C(=O)CCC(=O)O[C@@H](C)CNC(=O)CCOCCOCCNC(=O)[C@H](CCC(=O)NC[C@H](O)[C@@H](O)[C@H](O)[C@H](O)CO)NC(=O)CN4C(=O)C=CC4=O)cc3c1F)CN(C(=O)CCC(=O)OC(C)(C)C)C2. The Morgan fingerprint density at radius 2 is 1.29 bits per heavy atom. The van der Waals surface area contributed by atoms with Gasteiger partial charge in [-0.1, -0.05) is 0 Å². The van der Waals surface area contributed by atoms with Crippen LogP contribution in [-0.2, 0) is 75.2 Å². The summed E-state index contributed by atoms with van der Waals surface area (Å²) in [6.45, 7) is 4.27. The van der Waals surface area contributed by atoms with Gasteiger partial charge in [-0.25, -0.2) is 8.78 Å². The van der Waals surface area contributed by atoms with Gasteiger partial charge >= 0.3 is 11.9 Å². The molecular formula is C60H80F2N6O23S. The van der Waals surface area contributed by atoms with E-state index in [1.165, 1.54) is 31.3 Å². The van der Waals surface area contributed by atoms with Crippen LogP contribution >= 0.6 is 11.3 Å². The maximum Gasteiger partial charge on any atom is 0.306 e. The lowest BCUT2D eigenvalue weighted by molar-refractivity contribution is -0.156. The minimum absolute atomic E-state index is 0.0129. The van der Waals surface area contributed by atoms with Crippen LogP contribution in [0.1, 0.15) is 99.9 Å². The summed E-state index contributed by atoms with van der Waals surface area (Å²) in [5, 5.41) is 58.2. The quantitative estimate of drug-likeness (QED) is 0.0160. The van der Waals surface area contributed by atoms with Gasteiger partial charge in [0.1, 0.15) is 42.6 Å². The third kappa shape index (κ3) is 23.0. The Morgan fingerprint density at radius 3 is 1.95 bits per heavy atom. The number of hydrogen-bond acceptors (Lipinski definition) is 24. The summed E-state index contributed by atoms with van der Waals surface area (Å²) < 4.78 is 76.2. The highest BCUT2D eigenvalue weighted by molar-refractivity contribution is 7.20. The molecule has 1 aromatic heterocycles. The number of methoxy groups -OCH3 is 2. The van der Waals surface area contributed by atoms with Crippen molar-refractivity contribution in [2.24, 2.45) is 0 Å². The van der Waals surface area contributed by atoms with Gasteiger partial charge in [0.2, 0.25) is 29.5 Å². The number of aliphatic hydroxyl groups excluding tert-OH is 5. The highest BCUT2D eigenvalue weighted by Gasteiger charge is 2.34. The first-order chi connectivity index (χ1) is 43.6. The van der Waals surface area contributed by atoms with E-state index in [0.29, 0.717) is 15.2 Å². The van der Waals surface area contributed by atoms with Gasteiger partial charge in [-0.2, -0.15) is 0 Å². The molecule has 5 rings (SSSR count). The number of ether oxygens (including phenoxy) is 8. The second-order valence-corrected chi connectivity index (χ2v) is 23.2. The third-order valence-corrected chi connectivity index (χ3v) is 14.9. The van der Waals surface area contributed by atoms with E-state index in [9.17, 15) is 68.4 Å². The van der Waals surface area contributed by atoms with E-state index in [0.717, 1.165) is 23.5 Å². The van der Waals surface area contributed by atoms with E-state index in [1.54, 1.807) is 33.8 Å². The molecule has 0 fully saturated rings. The summed E-state index contributed by atoms with van der Waals surface area (Å²) in [7, 11) is 2.67. The average molecular weight is 1320 g/mol. The van der Waals surface area contributed by atoms with Gasteiger partial charge in [-0.3, -0.25) is 52.8 Å². The Hall–Kier alpha value is -7.98. The number of esters is 2. The fourth-order valence-electron chi connectivity index (χ4n) is 8.99. The van der Waals surface area contributed by atoms with E-state index >= 15 is 8.78 Å². The maximum absolute atomic E-state index is 16.0. The number of hydrogen-bond donors (Lipinski definition) is 9. The van der Waals surface area contributed by atoms with Crippen molar-refractivity contribution in [2.75, 3.05) is 86.6 Å². The molecule has 0 bridgehead atoms. The summed E-state index contributed by atoms with van der Waals surface area (Å²) in [6, 6.07) is 3.08. The zero-order valence-corrected chi connectivity index (χ0v) is 52.7. The molecule has 0 saturated carbocycles. The smallest absolute Gasteiger partial charge is 0.306 e. The van der Waals surface area contributed by atoms with Crippen LogP contribution in [0.25, 0.3) is 10.1 Å². The average Bonchev–Trinajstić information content (AvgIpc) is 1.61. The van der Waals surface area contributed by atoms with Gasteiger partial charge in [-0.05, 0) is 51.8 Å². The van der Waals surface area contributed by atoms with Gasteiger partial charge in [0.15, 0.2) is 40.4 Å². The summed E-state index contributed by atoms with van der Waals surface area (Å²) in [5.74, 6) is -8.13. The molecule has 7 amide bonds. The highest BCUT2D eigenvalue weighted by Crippen LogP contribution is 2.41. The predicted octanol–water partition coefficient (Wildman–Crippen LogP) is 0.301. The largest absolute Gasteiger partial charge is 0.493 e. The van der Waals surface area contributed by atoms with Crippen molar-refractivity contribution < 1.29 is 120 Å². The second kappa shape index (κ2) is 36.3. The number of thiophene rings is 1. The van der Waals surface area contributed by atoms with Crippen LogP contribution in [0.4, 0.5) is 8.78 Å². The number of ketones is 1. The van der Waals surface area contributed by atoms with Crippen LogP contribution in [0.3, 0.4) is 0 Å². The molecule has 6 atom stereocenters. The first-order valence-corrected chi connectivity index (χ1v) is 30.2. The Labute approximate surface area is 531 Å². The number of fused-ring (bicyclic) bond motifs is 2. The lowest BCUT2D eigenvalue weighted by Gasteiger charge is -2.25. The molecule has 508 valence electrons. The van der Waals surface area contributed by atoms with Gasteiger partial charge in [0.25, 0.3) is 11.8 Å². The summed E-state index contributed by atoms with van der Waals surface area (Å²) >= 11 is 0.989. The Bertz CT molecular complexity index is 3120. The van der Waals surface area contributed by atoms with Crippen LogP contribution in [0.2, 0.25) is 0 Å². The van der Waals surface area contributed by atoms with Crippen LogP contribution in [0.5, 0.6) is 23.0 Å². The molecule has 29 nitrogen and oxygen atoms in total. The van der Waals surface area contributed by atoms with Crippen molar-refractivity contribution >= 4 is 80.5 Å². The summed E-state index contributed by atoms with van der Waals surface area (Å²) in [5.41, 5.74) is 0.0805. The molecule has 3 aromatic rings. The Kier molecular flexibility index (Phi) is 29.5. The number of benzene rings is 2. The summed E-state index contributed by atoms with van der Waals surface area (Å²) in [6.07, 6.45) is -7.70. The first kappa shape index (κ1) is 74.7. The molecule has 0 saturated heterocycles. The van der Waals surface area contributed by atoms with Crippen LogP contribution in [0.15, 0.2) is 30.4 Å². The lowest BCUT2D eigenvalue weighted by Crippen LogP contribution is -2.51. The van der Waals surface area contributed by atoms with Crippen molar-refractivity contribution in [3.05, 3.63) is 58.0 Å². The fourth-order valence-corrected chi connectivity index (χ4v) is 10.0. The zero-order chi connectivity index (χ0) is 67.8. The van der Waals surface area contributed by atoms with E-state index in [4.69, 9.17) is 43.0 Å². The van der Waals surface area contributed by atoms with Gasteiger partial charge in [-0.15, -0.1) is 11.3 Å². The molecule has 9 N–H and O–H groups in total. The molecule has 92 heavy (non-hydrogen) atoms. The zero-order valence-electron chi connectivity index (χ0n) is 51.8. The van der Waals surface area contributed by atoms with Crippen molar-refractivity contribution in [3.63, 3.8) is 0 Å². The number of imide groups is 1. The van der Waals surface area contributed by atoms with E-state index < -0.39 is 133 Å². The molecule has 0 aliphatic carbocycles. The number of carbonyl (C=O) groups excluding carboxylic acids is 10. The first-order valence-electron chi connectivity index (χ1n) is 29.4. The van der Waals surface area contributed by atoms with Crippen molar-refractivity contribution in [1.29, 1.82) is 0 Å². The van der Waals surface area contributed by atoms with Crippen LogP contribution in [-0.4, -0.2) is 223 Å². The number of amides is 7. The topological polar surface area (TPSA) is 400 Å². The van der Waals surface area contributed by atoms with Crippen LogP contribution < -0.4 is 40.2 Å². The fraction of sp³-hybridized carbons (Fsp3) is 0.567. The highest BCUT2D eigenvalue weighted by atomic mass is 32.1. The molecule has 2 aliphatic heterocycles. The second-order valence-electron chi connectivity index (χ2n) is 22.1. The van der Waals surface area contributed by atoms with E-state index in [1.807, 2.05) is 0 Å². The van der Waals surface area contributed by atoms with Gasteiger partial charge in [0, 0.05) is 92.2 Å². The number of rotatable bonds is 40. The maximum atomic E-state index is 16.0. The van der Waals surface area contributed by atoms with Crippen molar-refractivity contribution in [2.45, 2.75) is 134 Å². The molecule has 2 aromatic carbocycles.